The summed E-state index contributed by atoms with van der Waals surface area (Å²) in [5, 5.41) is 6.66. The van der Waals surface area contributed by atoms with Gasteiger partial charge in [0.25, 0.3) is 0 Å². The molecule has 178 valence electrons. The van der Waals surface area contributed by atoms with E-state index in [2.05, 4.69) is 65.7 Å². The SMILES string of the molecule is CCc1sc2ccccc2c1CN1CCN2C(=O)C(Cc3cccc4ccccc34)NC(=O)C2C1. The van der Waals surface area contributed by atoms with Crippen LogP contribution in [0.25, 0.3) is 20.9 Å². The van der Waals surface area contributed by atoms with Crippen LogP contribution in [0.2, 0.25) is 0 Å². The van der Waals surface area contributed by atoms with E-state index >= 15 is 0 Å². The zero-order chi connectivity index (χ0) is 23.9. The molecular formula is C29H29N3O2S. The summed E-state index contributed by atoms with van der Waals surface area (Å²) < 4.78 is 1.32. The molecule has 2 aliphatic rings. The standard InChI is InChI=1S/C29H29N3O2S/c1-2-26-23(22-12-5-6-13-27(22)35-26)17-31-14-15-32-25(18-31)28(33)30-24(29(32)34)16-20-10-7-9-19-8-3-4-11-21(19)20/h3-13,24-25H,2,14-18H2,1H3,(H,30,33). The summed E-state index contributed by atoms with van der Waals surface area (Å²) >= 11 is 1.87. The first kappa shape index (κ1) is 22.3. The van der Waals surface area contributed by atoms with Crippen molar-refractivity contribution in [2.75, 3.05) is 19.6 Å². The van der Waals surface area contributed by atoms with E-state index in [1.807, 2.05) is 34.4 Å². The van der Waals surface area contributed by atoms with E-state index in [0.29, 0.717) is 19.5 Å². The van der Waals surface area contributed by atoms with Gasteiger partial charge in [-0.1, -0.05) is 67.6 Å². The van der Waals surface area contributed by atoms with Gasteiger partial charge in [0.05, 0.1) is 0 Å². The van der Waals surface area contributed by atoms with Crippen LogP contribution < -0.4 is 5.32 Å². The zero-order valence-electron chi connectivity index (χ0n) is 19.9. The second-order valence-electron chi connectivity index (χ2n) is 9.54. The van der Waals surface area contributed by atoms with Crippen LogP contribution in [-0.4, -0.2) is 53.3 Å². The number of thiophene rings is 1. The Morgan fingerprint density at radius 1 is 0.943 bits per heavy atom. The number of hydrogen-bond donors (Lipinski definition) is 1. The lowest BCUT2D eigenvalue weighted by Gasteiger charge is -2.45. The molecule has 3 aromatic carbocycles. The monoisotopic (exact) mass is 483 g/mol. The molecule has 1 aromatic heterocycles. The van der Waals surface area contributed by atoms with E-state index in [4.69, 9.17) is 0 Å². The van der Waals surface area contributed by atoms with Crippen molar-refractivity contribution in [3.05, 3.63) is 82.7 Å². The Labute approximate surface area is 209 Å². The molecule has 2 unspecified atom stereocenters. The fraction of sp³-hybridized carbons (Fsp3) is 0.310. The molecule has 35 heavy (non-hydrogen) atoms. The number of aryl methyl sites for hydroxylation is 1. The van der Waals surface area contributed by atoms with Crippen LogP contribution in [0.1, 0.15) is 22.9 Å². The lowest BCUT2D eigenvalue weighted by atomic mass is 9.95. The molecule has 3 heterocycles. The quantitative estimate of drug-likeness (QED) is 0.459. The highest BCUT2D eigenvalue weighted by molar-refractivity contribution is 7.19. The van der Waals surface area contributed by atoms with Crippen LogP contribution in [0.3, 0.4) is 0 Å². The van der Waals surface area contributed by atoms with Crippen LogP contribution >= 0.6 is 11.3 Å². The lowest BCUT2D eigenvalue weighted by Crippen LogP contribution is -2.69. The third-order valence-electron chi connectivity index (χ3n) is 7.45. The third kappa shape index (κ3) is 4.01. The number of rotatable bonds is 5. The zero-order valence-corrected chi connectivity index (χ0v) is 20.7. The van der Waals surface area contributed by atoms with E-state index in [0.717, 1.165) is 35.8 Å². The van der Waals surface area contributed by atoms with Crippen LogP contribution in [0, 0.1) is 0 Å². The number of benzene rings is 3. The number of piperazine rings is 2. The summed E-state index contributed by atoms with van der Waals surface area (Å²) in [5.74, 6) is 0.00263. The van der Waals surface area contributed by atoms with Crippen molar-refractivity contribution in [1.29, 1.82) is 0 Å². The second-order valence-corrected chi connectivity index (χ2v) is 10.7. The first-order chi connectivity index (χ1) is 17.1. The molecule has 5 nitrogen and oxygen atoms in total. The first-order valence-corrected chi connectivity index (χ1v) is 13.2. The van der Waals surface area contributed by atoms with Crippen LogP contribution in [-0.2, 0) is 29.0 Å². The lowest BCUT2D eigenvalue weighted by molar-refractivity contribution is -0.153. The van der Waals surface area contributed by atoms with E-state index in [1.54, 1.807) is 0 Å². The van der Waals surface area contributed by atoms with Crippen LogP contribution in [0.4, 0.5) is 0 Å². The van der Waals surface area contributed by atoms with Crippen molar-refractivity contribution < 1.29 is 9.59 Å². The van der Waals surface area contributed by atoms with Gasteiger partial charge < -0.3 is 10.2 Å². The van der Waals surface area contributed by atoms with Gasteiger partial charge in [-0.3, -0.25) is 14.5 Å². The van der Waals surface area contributed by atoms with E-state index < -0.39 is 12.1 Å². The number of hydrogen-bond acceptors (Lipinski definition) is 4. The van der Waals surface area contributed by atoms with E-state index in [1.165, 1.54) is 20.5 Å². The van der Waals surface area contributed by atoms with Gasteiger partial charge in [0.15, 0.2) is 0 Å². The smallest absolute Gasteiger partial charge is 0.246 e. The predicted octanol–water partition coefficient (Wildman–Crippen LogP) is 4.37. The Balaban J connectivity index is 1.19. The fourth-order valence-electron chi connectivity index (χ4n) is 5.66. The molecule has 0 radical (unpaired) electrons. The summed E-state index contributed by atoms with van der Waals surface area (Å²) in [6.45, 7) is 4.97. The molecule has 2 aliphatic heterocycles. The molecule has 1 N–H and O–H groups in total. The summed E-state index contributed by atoms with van der Waals surface area (Å²) in [6.07, 6.45) is 1.52. The van der Waals surface area contributed by atoms with Gasteiger partial charge in [0.2, 0.25) is 11.8 Å². The number of nitrogens with zero attached hydrogens (tertiary/aromatic N) is 2. The van der Waals surface area contributed by atoms with Gasteiger partial charge in [0.1, 0.15) is 12.1 Å². The highest BCUT2D eigenvalue weighted by Crippen LogP contribution is 2.33. The Kier molecular flexibility index (Phi) is 5.78. The minimum atomic E-state index is -0.511. The molecule has 0 spiro atoms. The Bertz CT molecular complexity index is 1420. The number of carbonyl (C=O) groups is 2. The van der Waals surface area contributed by atoms with Crippen molar-refractivity contribution >= 4 is 44.0 Å². The molecule has 6 rings (SSSR count). The maximum Gasteiger partial charge on any atom is 0.246 e. The van der Waals surface area contributed by atoms with Gasteiger partial charge in [-0.05, 0) is 39.8 Å². The molecular weight excluding hydrogens is 454 g/mol. The summed E-state index contributed by atoms with van der Waals surface area (Å²) in [6, 6.07) is 22.0. The highest BCUT2D eigenvalue weighted by atomic mass is 32.1. The van der Waals surface area contributed by atoms with Crippen molar-refractivity contribution in [1.82, 2.24) is 15.1 Å². The van der Waals surface area contributed by atoms with Crippen LogP contribution in [0.5, 0.6) is 0 Å². The molecule has 0 aliphatic carbocycles. The van der Waals surface area contributed by atoms with Crippen molar-refractivity contribution in [2.24, 2.45) is 0 Å². The highest BCUT2D eigenvalue weighted by Gasteiger charge is 2.43. The number of nitrogens with one attached hydrogen (secondary N) is 1. The normalized spacial score (nSPS) is 20.9. The molecule has 2 fully saturated rings. The van der Waals surface area contributed by atoms with Gasteiger partial charge in [-0.25, -0.2) is 0 Å². The number of carbonyl (C=O) groups excluding carboxylic acids is 2. The molecule has 0 bridgehead atoms. The predicted molar refractivity (Wildman–Crippen MR) is 142 cm³/mol. The van der Waals surface area contributed by atoms with Gasteiger partial charge in [0, 0.05) is 42.2 Å². The molecule has 4 aromatic rings. The first-order valence-electron chi connectivity index (χ1n) is 12.4. The third-order valence-corrected chi connectivity index (χ3v) is 8.81. The fourth-order valence-corrected chi connectivity index (χ4v) is 6.82. The van der Waals surface area contributed by atoms with E-state index in [9.17, 15) is 9.59 Å². The summed E-state index contributed by atoms with van der Waals surface area (Å²) in [7, 11) is 0. The molecule has 2 saturated heterocycles. The average molecular weight is 484 g/mol. The number of fused-ring (bicyclic) bond motifs is 3. The molecule has 2 atom stereocenters. The second kappa shape index (κ2) is 9.10. The van der Waals surface area contributed by atoms with Crippen LogP contribution in [0.15, 0.2) is 66.7 Å². The summed E-state index contributed by atoms with van der Waals surface area (Å²) in [5.41, 5.74) is 2.47. The van der Waals surface area contributed by atoms with E-state index in [-0.39, 0.29) is 11.8 Å². The minimum Gasteiger partial charge on any atom is -0.342 e. The van der Waals surface area contributed by atoms with Gasteiger partial charge >= 0.3 is 0 Å². The summed E-state index contributed by atoms with van der Waals surface area (Å²) in [4.78, 5) is 32.2. The Morgan fingerprint density at radius 3 is 2.57 bits per heavy atom. The van der Waals surface area contributed by atoms with Gasteiger partial charge in [-0.15, -0.1) is 11.3 Å². The maximum absolute atomic E-state index is 13.4. The number of amides is 2. The average Bonchev–Trinajstić information content (AvgIpc) is 3.25. The molecule has 6 heteroatoms. The maximum atomic E-state index is 13.4. The Morgan fingerprint density at radius 2 is 1.71 bits per heavy atom. The molecule has 2 amide bonds. The Hall–Kier alpha value is -3.22. The van der Waals surface area contributed by atoms with Crippen molar-refractivity contribution in [3.63, 3.8) is 0 Å². The minimum absolute atomic E-state index is 0.0366. The molecule has 0 saturated carbocycles. The van der Waals surface area contributed by atoms with Crippen molar-refractivity contribution in [3.8, 4) is 0 Å². The van der Waals surface area contributed by atoms with Gasteiger partial charge in [-0.2, -0.15) is 0 Å². The topological polar surface area (TPSA) is 52.6 Å². The largest absolute Gasteiger partial charge is 0.342 e. The van der Waals surface area contributed by atoms with Crippen molar-refractivity contribution in [2.45, 2.75) is 38.4 Å².